The highest BCUT2D eigenvalue weighted by molar-refractivity contribution is 6.00. The first-order valence-corrected chi connectivity index (χ1v) is 7.92. The average molecular weight is 308 g/mol. The Morgan fingerprint density at radius 3 is 2.57 bits per heavy atom. The van der Waals surface area contributed by atoms with Crippen LogP contribution in [0.5, 0.6) is 0 Å². The molecule has 2 amide bonds. The van der Waals surface area contributed by atoms with E-state index in [-0.39, 0.29) is 18.4 Å². The van der Waals surface area contributed by atoms with Gasteiger partial charge in [-0.3, -0.25) is 9.59 Å². The maximum atomic E-state index is 12.2. The Labute approximate surface area is 136 Å². The molecule has 0 radical (unpaired) electrons. The fraction of sp³-hybridized carbons (Fsp3) is 0.263. The second kappa shape index (κ2) is 7.09. The van der Waals surface area contributed by atoms with Crippen LogP contribution in [0, 0.1) is 0 Å². The van der Waals surface area contributed by atoms with E-state index < -0.39 is 0 Å². The molecule has 0 spiro atoms. The lowest BCUT2D eigenvalue weighted by atomic mass is 10.1. The number of carbonyl (C=O) groups is 2. The van der Waals surface area contributed by atoms with Gasteiger partial charge in [0.1, 0.15) is 6.54 Å². The maximum Gasteiger partial charge on any atom is 0.254 e. The Balaban J connectivity index is 1.41. The van der Waals surface area contributed by atoms with Crippen LogP contribution >= 0.6 is 0 Å². The van der Waals surface area contributed by atoms with Crippen LogP contribution in [0.1, 0.15) is 27.9 Å². The molecule has 4 heteroatoms. The van der Waals surface area contributed by atoms with Crippen LogP contribution in [0.4, 0.5) is 0 Å². The Bertz CT molecular complexity index is 698. The van der Waals surface area contributed by atoms with Crippen LogP contribution in [0.3, 0.4) is 0 Å². The fourth-order valence-electron chi connectivity index (χ4n) is 2.84. The third-order valence-corrected chi connectivity index (χ3v) is 4.04. The molecule has 0 unspecified atom stereocenters. The molecule has 0 bridgehead atoms. The molecule has 2 aromatic carbocycles. The van der Waals surface area contributed by atoms with Gasteiger partial charge in [-0.2, -0.15) is 0 Å². The molecule has 0 aliphatic carbocycles. The van der Waals surface area contributed by atoms with E-state index in [1.807, 2.05) is 42.5 Å². The van der Waals surface area contributed by atoms with Gasteiger partial charge in [-0.25, -0.2) is 0 Å². The zero-order chi connectivity index (χ0) is 16.1. The molecule has 0 atom stereocenters. The van der Waals surface area contributed by atoms with E-state index in [1.54, 1.807) is 4.90 Å². The van der Waals surface area contributed by atoms with Gasteiger partial charge in [0.15, 0.2) is 0 Å². The molecular weight excluding hydrogens is 288 g/mol. The van der Waals surface area contributed by atoms with Crippen molar-refractivity contribution in [2.45, 2.75) is 19.4 Å². The van der Waals surface area contributed by atoms with Crippen LogP contribution in [-0.4, -0.2) is 29.8 Å². The van der Waals surface area contributed by atoms with Crippen molar-refractivity contribution >= 4 is 11.8 Å². The van der Waals surface area contributed by atoms with Crippen molar-refractivity contribution in [3.8, 4) is 0 Å². The van der Waals surface area contributed by atoms with Crippen molar-refractivity contribution in [1.29, 1.82) is 0 Å². The second-order valence-corrected chi connectivity index (χ2v) is 5.76. The summed E-state index contributed by atoms with van der Waals surface area (Å²) in [6, 6.07) is 17.7. The molecule has 0 saturated carbocycles. The first-order valence-electron chi connectivity index (χ1n) is 7.92. The normalized spacial score (nSPS) is 13.0. The Morgan fingerprint density at radius 1 is 1.04 bits per heavy atom. The summed E-state index contributed by atoms with van der Waals surface area (Å²) in [5.41, 5.74) is 2.98. The molecule has 1 aliphatic heterocycles. The SMILES string of the molecule is O=C(CN1Cc2ccccc2C1=O)NCCCc1ccccc1. The van der Waals surface area contributed by atoms with E-state index in [0.29, 0.717) is 18.7 Å². The minimum atomic E-state index is -0.0979. The summed E-state index contributed by atoms with van der Waals surface area (Å²) in [6.07, 6.45) is 1.83. The van der Waals surface area contributed by atoms with Gasteiger partial charge < -0.3 is 10.2 Å². The first kappa shape index (κ1) is 15.3. The number of benzene rings is 2. The topological polar surface area (TPSA) is 49.4 Å². The van der Waals surface area contributed by atoms with Crippen molar-refractivity contribution in [1.82, 2.24) is 10.2 Å². The quantitative estimate of drug-likeness (QED) is 0.833. The lowest BCUT2D eigenvalue weighted by Gasteiger charge is -2.15. The molecule has 1 N–H and O–H groups in total. The molecule has 3 rings (SSSR count). The molecule has 23 heavy (non-hydrogen) atoms. The maximum absolute atomic E-state index is 12.2. The van der Waals surface area contributed by atoms with Gasteiger partial charge in [-0.1, -0.05) is 48.5 Å². The van der Waals surface area contributed by atoms with Crippen molar-refractivity contribution < 1.29 is 9.59 Å². The Kier molecular flexibility index (Phi) is 4.71. The van der Waals surface area contributed by atoms with E-state index in [0.717, 1.165) is 18.4 Å². The van der Waals surface area contributed by atoms with E-state index in [4.69, 9.17) is 0 Å². The predicted octanol–water partition coefficient (Wildman–Crippen LogP) is 2.39. The van der Waals surface area contributed by atoms with E-state index >= 15 is 0 Å². The van der Waals surface area contributed by atoms with Gasteiger partial charge in [-0.05, 0) is 30.0 Å². The number of carbonyl (C=O) groups excluding carboxylic acids is 2. The highest BCUT2D eigenvalue weighted by atomic mass is 16.2. The third kappa shape index (κ3) is 3.77. The lowest BCUT2D eigenvalue weighted by Crippen LogP contribution is -2.37. The second-order valence-electron chi connectivity index (χ2n) is 5.76. The standard InChI is InChI=1S/C19H20N2O2/c22-18(20-12-6-9-15-7-2-1-3-8-15)14-21-13-16-10-4-5-11-17(16)19(21)23/h1-5,7-8,10-11H,6,9,12-14H2,(H,20,22). The molecular formula is C19H20N2O2. The zero-order valence-corrected chi connectivity index (χ0v) is 13.0. The van der Waals surface area contributed by atoms with E-state index in [1.165, 1.54) is 5.56 Å². The number of hydrogen-bond acceptors (Lipinski definition) is 2. The predicted molar refractivity (Wildman–Crippen MR) is 89.0 cm³/mol. The highest BCUT2D eigenvalue weighted by Gasteiger charge is 2.27. The van der Waals surface area contributed by atoms with Crippen molar-refractivity contribution in [2.24, 2.45) is 0 Å². The number of amides is 2. The van der Waals surface area contributed by atoms with Crippen molar-refractivity contribution in [3.63, 3.8) is 0 Å². The molecule has 0 saturated heterocycles. The minimum Gasteiger partial charge on any atom is -0.355 e. The molecule has 4 nitrogen and oxygen atoms in total. The minimum absolute atomic E-state index is 0.0555. The molecule has 0 aromatic heterocycles. The number of hydrogen-bond donors (Lipinski definition) is 1. The summed E-state index contributed by atoms with van der Waals surface area (Å²) < 4.78 is 0. The molecule has 1 aliphatic rings. The van der Waals surface area contributed by atoms with Crippen LogP contribution < -0.4 is 5.32 Å². The summed E-state index contributed by atoms with van der Waals surface area (Å²) in [5, 5.41) is 2.89. The zero-order valence-electron chi connectivity index (χ0n) is 13.0. The molecule has 0 fully saturated rings. The van der Waals surface area contributed by atoms with Gasteiger partial charge in [0.2, 0.25) is 5.91 Å². The van der Waals surface area contributed by atoms with Gasteiger partial charge in [0.05, 0.1) is 0 Å². The number of aryl methyl sites for hydroxylation is 1. The van der Waals surface area contributed by atoms with Gasteiger partial charge in [0, 0.05) is 18.7 Å². The lowest BCUT2D eigenvalue weighted by molar-refractivity contribution is -0.121. The summed E-state index contributed by atoms with van der Waals surface area (Å²) in [5.74, 6) is -0.153. The summed E-state index contributed by atoms with van der Waals surface area (Å²) in [7, 11) is 0. The molecule has 118 valence electrons. The number of rotatable bonds is 6. The van der Waals surface area contributed by atoms with Gasteiger partial charge in [-0.15, -0.1) is 0 Å². The Morgan fingerprint density at radius 2 is 1.78 bits per heavy atom. The smallest absolute Gasteiger partial charge is 0.254 e. The largest absolute Gasteiger partial charge is 0.355 e. The van der Waals surface area contributed by atoms with Crippen LogP contribution in [0.25, 0.3) is 0 Å². The van der Waals surface area contributed by atoms with E-state index in [9.17, 15) is 9.59 Å². The van der Waals surface area contributed by atoms with Gasteiger partial charge >= 0.3 is 0 Å². The van der Waals surface area contributed by atoms with E-state index in [2.05, 4.69) is 17.4 Å². The monoisotopic (exact) mass is 308 g/mol. The summed E-state index contributed by atoms with van der Waals surface area (Å²) >= 11 is 0. The van der Waals surface area contributed by atoms with Crippen LogP contribution in [0.2, 0.25) is 0 Å². The molecule has 2 aromatic rings. The number of fused-ring (bicyclic) bond motifs is 1. The van der Waals surface area contributed by atoms with Crippen LogP contribution in [-0.2, 0) is 17.8 Å². The Hall–Kier alpha value is -2.62. The average Bonchev–Trinajstić information content (AvgIpc) is 2.89. The molecule has 1 heterocycles. The van der Waals surface area contributed by atoms with Crippen molar-refractivity contribution in [2.75, 3.05) is 13.1 Å². The number of nitrogens with zero attached hydrogens (tertiary/aromatic N) is 1. The summed E-state index contributed by atoms with van der Waals surface area (Å²) in [4.78, 5) is 25.8. The first-order chi connectivity index (χ1) is 11.2. The third-order valence-electron chi connectivity index (χ3n) is 4.04. The van der Waals surface area contributed by atoms with Gasteiger partial charge in [0.25, 0.3) is 5.91 Å². The highest BCUT2D eigenvalue weighted by Crippen LogP contribution is 2.21. The summed E-state index contributed by atoms with van der Waals surface area (Å²) in [6.45, 7) is 1.27. The van der Waals surface area contributed by atoms with Crippen molar-refractivity contribution in [3.05, 3.63) is 71.3 Å². The fourth-order valence-corrected chi connectivity index (χ4v) is 2.84. The van der Waals surface area contributed by atoms with Crippen LogP contribution in [0.15, 0.2) is 54.6 Å². The number of nitrogens with one attached hydrogen (secondary N) is 1.